The number of benzene rings is 2. The molecule has 0 aliphatic heterocycles. The lowest BCUT2D eigenvalue weighted by Gasteiger charge is -2.02. The van der Waals surface area contributed by atoms with Crippen LogP contribution in [0.3, 0.4) is 0 Å². The van der Waals surface area contributed by atoms with E-state index in [1.165, 1.54) is 12.1 Å². The number of halogens is 1. The Bertz CT molecular complexity index is 900. The third kappa shape index (κ3) is 2.53. The molecule has 0 aliphatic rings. The maximum atomic E-state index is 13.7. The second-order valence-electron chi connectivity index (χ2n) is 4.43. The van der Waals surface area contributed by atoms with Gasteiger partial charge < -0.3 is 10.2 Å². The van der Waals surface area contributed by atoms with Crippen LogP contribution < -0.4 is 11.3 Å². The van der Waals surface area contributed by atoms with Crippen LogP contribution in [0.2, 0.25) is 0 Å². The molecule has 0 spiro atoms. The summed E-state index contributed by atoms with van der Waals surface area (Å²) >= 11 is 0. The summed E-state index contributed by atoms with van der Waals surface area (Å²) in [5.74, 6) is -1.18. The molecule has 0 bridgehead atoms. The molecule has 2 N–H and O–H groups in total. The molecule has 2 aromatic carbocycles. The lowest BCUT2D eigenvalue weighted by atomic mass is 10.2. The van der Waals surface area contributed by atoms with Crippen LogP contribution in [0.15, 0.2) is 64.0 Å². The van der Waals surface area contributed by atoms with Gasteiger partial charge in [-0.2, -0.15) is 0 Å². The van der Waals surface area contributed by atoms with E-state index in [2.05, 4.69) is 4.99 Å². The van der Waals surface area contributed by atoms with Crippen molar-refractivity contribution in [3.63, 3.8) is 0 Å². The van der Waals surface area contributed by atoms with Crippen molar-refractivity contribution in [3.05, 3.63) is 71.5 Å². The standard InChI is InChI=1S/C16H11FN2O2/c17-12-6-2-3-7-13(12)19-16-11(15(18)20)9-10-5-1-4-8-14(10)21-16/h1-9H,(H2,18,20). The monoisotopic (exact) mass is 282 g/mol. The average Bonchev–Trinajstić information content (AvgIpc) is 2.48. The highest BCUT2D eigenvalue weighted by atomic mass is 19.1. The van der Waals surface area contributed by atoms with E-state index in [9.17, 15) is 9.18 Å². The van der Waals surface area contributed by atoms with Gasteiger partial charge in [0.2, 0.25) is 5.55 Å². The van der Waals surface area contributed by atoms with Crippen LogP contribution >= 0.6 is 0 Å². The fraction of sp³-hybridized carbons (Fsp3) is 0. The third-order valence-corrected chi connectivity index (χ3v) is 3.00. The Labute approximate surface area is 119 Å². The van der Waals surface area contributed by atoms with Gasteiger partial charge in [-0.3, -0.25) is 4.79 Å². The molecule has 5 heteroatoms. The zero-order valence-electron chi connectivity index (χ0n) is 10.9. The van der Waals surface area contributed by atoms with E-state index >= 15 is 0 Å². The Hall–Kier alpha value is -2.95. The largest absolute Gasteiger partial charge is 0.438 e. The number of carbonyl (C=O) groups excluding carboxylic acids is 1. The minimum atomic E-state index is -0.681. The van der Waals surface area contributed by atoms with Crippen molar-refractivity contribution in [3.8, 4) is 0 Å². The number of carbonyl (C=O) groups is 1. The minimum absolute atomic E-state index is 0.00806. The second-order valence-corrected chi connectivity index (χ2v) is 4.43. The SMILES string of the molecule is NC(=O)c1cc2ccccc2oc1=Nc1ccccc1F. The van der Waals surface area contributed by atoms with Gasteiger partial charge in [0.15, 0.2) is 0 Å². The number of nitrogens with two attached hydrogens (primary N) is 1. The number of para-hydroxylation sites is 2. The molecule has 104 valence electrons. The molecule has 0 aliphatic carbocycles. The van der Waals surface area contributed by atoms with E-state index in [4.69, 9.17) is 10.2 Å². The summed E-state index contributed by atoms with van der Waals surface area (Å²) in [6.07, 6.45) is 0. The molecule has 0 saturated heterocycles. The summed E-state index contributed by atoms with van der Waals surface area (Å²) in [6, 6.07) is 14.7. The molecule has 0 fully saturated rings. The molecule has 1 aromatic heterocycles. The van der Waals surface area contributed by atoms with E-state index in [0.29, 0.717) is 5.58 Å². The van der Waals surface area contributed by atoms with Crippen molar-refractivity contribution >= 4 is 22.6 Å². The van der Waals surface area contributed by atoms with Gasteiger partial charge in [0.1, 0.15) is 22.7 Å². The molecular formula is C16H11FN2O2. The Morgan fingerprint density at radius 1 is 1.10 bits per heavy atom. The highest BCUT2D eigenvalue weighted by Crippen LogP contribution is 2.17. The number of hydrogen-bond acceptors (Lipinski definition) is 3. The van der Waals surface area contributed by atoms with Gasteiger partial charge in [0, 0.05) is 5.39 Å². The first-order valence-corrected chi connectivity index (χ1v) is 6.27. The predicted molar refractivity (Wildman–Crippen MR) is 76.4 cm³/mol. The van der Waals surface area contributed by atoms with Gasteiger partial charge in [0.05, 0.1) is 0 Å². The molecule has 21 heavy (non-hydrogen) atoms. The van der Waals surface area contributed by atoms with E-state index < -0.39 is 11.7 Å². The molecule has 1 amide bonds. The van der Waals surface area contributed by atoms with E-state index in [1.54, 1.807) is 36.4 Å². The summed E-state index contributed by atoms with van der Waals surface area (Å²) in [6.45, 7) is 0. The first kappa shape index (κ1) is 13.1. The molecule has 3 aromatic rings. The maximum Gasteiger partial charge on any atom is 0.254 e. The molecular weight excluding hydrogens is 271 g/mol. The number of hydrogen-bond donors (Lipinski definition) is 1. The number of amides is 1. The van der Waals surface area contributed by atoms with Crippen molar-refractivity contribution in [1.82, 2.24) is 0 Å². The van der Waals surface area contributed by atoms with Crippen molar-refractivity contribution < 1.29 is 13.6 Å². The van der Waals surface area contributed by atoms with Crippen molar-refractivity contribution in [2.45, 2.75) is 0 Å². The molecule has 0 atom stereocenters. The zero-order valence-corrected chi connectivity index (χ0v) is 10.9. The van der Waals surface area contributed by atoms with Crippen LogP contribution in [0.1, 0.15) is 10.4 Å². The van der Waals surface area contributed by atoms with Gasteiger partial charge in [-0.05, 0) is 24.3 Å². The molecule has 0 radical (unpaired) electrons. The van der Waals surface area contributed by atoms with E-state index in [0.717, 1.165) is 5.39 Å². The van der Waals surface area contributed by atoms with Gasteiger partial charge in [0.25, 0.3) is 5.91 Å². The molecule has 0 saturated carbocycles. The Kier molecular flexibility index (Phi) is 3.23. The fourth-order valence-corrected chi connectivity index (χ4v) is 1.98. The highest BCUT2D eigenvalue weighted by molar-refractivity contribution is 5.95. The van der Waals surface area contributed by atoms with Crippen LogP contribution in [-0.2, 0) is 0 Å². The average molecular weight is 282 g/mol. The van der Waals surface area contributed by atoms with Crippen molar-refractivity contribution in [2.24, 2.45) is 10.7 Å². The smallest absolute Gasteiger partial charge is 0.254 e. The summed E-state index contributed by atoms with van der Waals surface area (Å²) in [7, 11) is 0. The number of nitrogens with zero attached hydrogens (tertiary/aromatic N) is 1. The van der Waals surface area contributed by atoms with Gasteiger partial charge in [-0.25, -0.2) is 9.38 Å². The van der Waals surface area contributed by atoms with Gasteiger partial charge in [-0.1, -0.05) is 30.3 Å². The summed E-state index contributed by atoms with van der Waals surface area (Å²) < 4.78 is 19.2. The number of fused-ring (bicyclic) bond motifs is 1. The van der Waals surface area contributed by atoms with Gasteiger partial charge >= 0.3 is 0 Å². The third-order valence-electron chi connectivity index (χ3n) is 3.00. The molecule has 0 unspecified atom stereocenters. The Morgan fingerprint density at radius 2 is 1.81 bits per heavy atom. The van der Waals surface area contributed by atoms with E-state index in [-0.39, 0.29) is 16.8 Å². The van der Waals surface area contributed by atoms with Crippen LogP contribution in [-0.4, -0.2) is 5.91 Å². The van der Waals surface area contributed by atoms with Crippen LogP contribution in [0.5, 0.6) is 0 Å². The molecule has 1 heterocycles. The van der Waals surface area contributed by atoms with Crippen molar-refractivity contribution in [2.75, 3.05) is 0 Å². The Balaban J connectivity index is 2.32. The summed E-state index contributed by atoms with van der Waals surface area (Å²) in [4.78, 5) is 15.6. The van der Waals surface area contributed by atoms with Gasteiger partial charge in [-0.15, -0.1) is 0 Å². The number of rotatable bonds is 2. The normalized spacial score (nSPS) is 11.8. The summed E-state index contributed by atoms with van der Waals surface area (Å²) in [5.41, 5.74) is 6.07. The molecule has 3 rings (SSSR count). The predicted octanol–water partition coefficient (Wildman–Crippen LogP) is 2.90. The lowest BCUT2D eigenvalue weighted by Crippen LogP contribution is -2.21. The first-order chi connectivity index (χ1) is 10.1. The summed E-state index contributed by atoms with van der Waals surface area (Å²) in [5, 5.41) is 0.721. The van der Waals surface area contributed by atoms with Crippen LogP contribution in [0, 0.1) is 5.82 Å². The maximum absolute atomic E-state index is 13.7. The highest BCUT2D eigenvalue weighted by Gasteiger charge is 2.09. The zero-order chi connectivity index (χ0) is 14.8. The first-order valence-electron chi connectivity index (χ1n) is 6.27. The quantitative estimate of drug-likeness (QED) is 0.785. The molecule has 4 nitrogen and oxygen atoms in total. The lowest BCUT2D eigenvalue weighted by molar-refractivity contribution is 0.0996. The Morgan fingerprint density at radius 3 is 2.57 bits per heavy atom. The van der Waals surface area contributed by atoms with E-state index in [1.807, 2.05) is 6.07 Å². The topological polar surface area (TPSA) is 68.6 Å². The van der Waals surface area contributed by atoms with Crippen molar-refractivity contribution in [1.29, 1.82) is 0 Å². The second kappa shape index (κ2) is 5.20. The fourth-order valence-electron chi connectivity index (χ4n) is 1.98. The van der Waals surface area contributed by atoms with Crippen LogP contribution in [0.25, 0.3) is 11.0 Å². The van der Waals surface area contributed by atoms with Crippen LogP contribution in [0.4, 0.5) is 10.1 Å². The number of primary amides is 1. The minimum Gasteiger partial charge on any atom is -0.438 e.